The van der Waals surface area contributed by atoms with Crippen LogP contribution in [-0.4, -0.2) is 6.04 Å². The first-order valence-electron chi connectivity index (χ1n) is 6.34. The van der Waals surface area contributed by atoms with Crippen LogP contribution < -0.4 is 11.1 Å². The SMILES string of the molecule is CC(C)Nc1ccc(Cc2ccccc2)c(N)c1. The lowest BCUT2D eigenvalue weighted by Crippen LogP contribution is -2.10. The molecular weight excluding hydrogens is 220 g/mol. The van der Waals surface area contributed by atoms with E-state index < -0.39 is 0 Å². The van der Waals surface area contributed by atoms with Gasteiger partial charge in [0.1, 0.15) is 0 Å². The molecule has 0 atom stereocenters. The van der Waals surface area contributed by atoms with E-state index in [0.29, 0.717) is 6.04 Å². The maximum atomic E-state index is 6.10. The van der Waals surface area contributed by atoms with E-state index in [0.717, 1.165) is 17.8 Å². The monoisotopic (exact) mass is 240 g/mol. The van der Waals surface area contributed by atoms with Crippen molar-refractivity contribution in [2.45, 2.75) is 26.3 Å². The number of benzene rings is 2. The molecule has 0 fully saturated rings. The smallest absolute Gasteiger partial charge is 0.0370 e. The Hall–Kier alpha value is -1.96. The first-order valence-corrected chi connectivity index (χ1v) is 6.34. The number of nitrogens with one attached hydrogen (secondary N) is 1. The Morgan fingerprint density at radius 2 is 1.78 bits per heavy atom. The summed E-state index contributed by atoms with van der Waals surface area (Å²) < 4.78 is 0. The molecule has 0 amide bonds. The highest BCUT2D eigenvalue weighted by molar-refractivity contribution is 5.60. The molecule has 3 N–H and O–H groups in total. The molecule has 2 heteroatoms. The summed E-state index contributed by atoms with van der Waals surface area (Å²) in [5.74, 6) is 0. The van der Waals surface area contributed by atoms with Gasteiger partial charge in [-0.15, -0.1) is 0 Å². The van der Waals surface area contributed by atoms with Crippen molar-refractivity contribution in [3.05, 3.63) is 59.7 Å². The van der Waals surface area contributed by atoms with Gasteiger partial charge in [0.2, 0.25) is 0 Å². The van der Waals surface area contributed by atoms with Crippen molar-refractivity contribution in [2.24, 2.45) is 0 Å². The van der Waals surface area contributed by atoms with Crippen LogP contribution in [0.15, 0.2) is 48.5 Å². The lowest BCUT2D eigenvalue weighted by molar-refractivity contribution is 0.899. The van der Waals surface area contributed by atoms with Crippen LogP contribution in [0.5, 0.6) is 0 Å². The third-order valence-electron chi connectivity index (χ3n) is 2.84. The van der Waals surface area contributed by atoms with Crippen LogP contribution in [0, 0.1) is 0 Å². The number of nitrogens with two attached hydrogens (primary N) is 1. The molecule has 2 rings (SSSR count). The molecule has 0 aliphatic carbocycles. The quantitative estimate of drug-likeness (QED) is 0.800. The largest absolute Gasteiger partial charge is 0.398 e. The number of hydrogen-bond acceptors (Lipinski definition) is 2. The molecule has 0 aliphatic rings. The maximum absolute atomic E-state index is 6.10. The highest BCUT2D eigenvalue weighted by Crippen LogP contribution is 2.21. The minimum Gasteiger partial charge on any atom is -0.398 e. The zero-order chi connectivity index (χ0) is 13.0. The molecule has 2 nitrogen and oxygen atoms in total. The highest BCUT2D eigenvalue weighted by Gasteiger charge is 2.03. The summed E-state index contributed by atoms with van der Waals surface area (Å²) in [5.41, 5.74) is 10.5. The lowest BCUT2D eigenvalue weighted by Gasteiger charge is -2.12. The molecule has 0 aliphatic heterocycles. The van der Waals surface area contributed by atoms with Gasteiger partial charge in [-0.1, -0.05) is 36.4 Å². The van der Waals surface area contributed by atoms with Crippen molar-refractivity contribution in [3.63, 3.8) is 0 Å². The Bertz CT molecular complexity index is 504. The summed E-state index contributed by atoms with van der Waals surface area (Å²) in [5, 5.41) is 3.36. The summed E-state index contributed by atoms with van der Waals surface area (Å²) in [4.78, 5) is 0. The Morgan fingerprint density at radius 3 is 2.39 bits per heavy atom. The third-order valence-corrected chi connectivity index (χ3v) is 2.84. The molecule has 0 aromatic heterocycles. The molecule has 0 heterocycles. The second-order valence-corrected chi connectivity index (χ2v) is 4.88. The summed E-state index contributed by atoms with van der Waals surface area (Å²) in [6, 6.07) is 17.0. The van der Waals surface area contributed by atoms with Gasteiger partial charge in [-0.25, -0.2) is 0 Å². The van der Waals surface area contributed by atoms with E-state index in [1.165, 1.54) is 11.1 Å². The van der Waals surface area contributed by atoms with Crippen molar-refractivity contribution < 1.29 is 0 Å². The standard InChI is InChI=1S/C16H20N2/c1-12(2)18-15-9-8-14(16(17)11-15)10-13-6-4-3-5-7-13/h3-9,11-12,18H,10,17H2,1-2H3. The molecule has 2 aromatic rings. The van der Waals surface area contributed by atoms with Crippen molar-refractivity contribution in [1.29, 1.82) is 0 Å². The van der Waals surface area contributed by atoms with Gasteiger partial charge in [0.05, 0.1) is 0 Å². The zero-order valence-corrected chi connectivity index (χ0v) is 11.0. The van der Waals surface area contributed by atoms with Gasteiger partial charge >= 0.3 is 0 Å². The Balaban J connectivity index is 2.15. The van der Waals surface area contributed by atoms with Crippen molar-refractivity contribution in [2.75, 3.05) is 11.1 Å². The minimum absolute atomic E-state index is 0.421. The summed E-state index contributed by atoms with van der Waals surface area (Å²) in [6.45, 7) is 4.24. The van der Waals surface area contributed by atoms with Gasteiger partial charge in [0, 0.05) is 17.4 Å². The van der Waals surface area contributed by atoms with Crippen molar-refractivity contribution in [1.82, 2.24) is 0 Å². The number of hydrogen-bond donors (Lipinski definition) is 2. The zero-order valence-electron chi connectivity index (χ0n) is 11.0. The van der Waals surface area contributed by atoms with Gasteiger partial charge in [0.25, 0.3) is 0 Å². The van der Waals surface area contributed by atoms with Gasteiger partial charge in [-0.3, -0.25) is 0 Å². The molecule has 0 radical (unpaired) electrons. The van der Waals surface area contributed by atoms with Crippen LogP contribution in [0.2, 0.25) is 0 Å². The predicted molar refractivity (Wildman–Crippen MR) is 78.9 cm³/mol. The summed E-state index contributed by atoms with van der Waals surface area (Å²) >= 11 is 0. The third kappa shape index (κ3) is 3.27. The molecular formula is C16H20N2. The van der Waals surface area contributed by atoms with Crippen LogP contribution in [0.3, 0.4) is 0 Å². The average Bonchev–Trinajstić information content (AvgIpc) is 2.33. The Labute approximate surface area is 109 Å². The first-order chi connectivity index (χ1) is 8.65. The van der Waals surface area contributed by atoms with Crippen LogP contribution in [0.1, 0.15) is 25.0 Å². The highest BCUT2D eigenvalue weighted by atomic mass is 14.9. The lowest BCUT2D eigenvalue weighted by atomic mass is 10.0. The van der Waals surface area contributed by atoms with Crippen LogP contribution in [-0.2, 0) is 6.42 Å². The predicted octanol–water partition coefficient (Wildman–Crippen LogP) is 3.68. The van der Waals surface area contributed by atoms with Gasteiger partial charge in [-0.2, -0.15) is 0 Å². The molecule has 18 heavy (non-hydrogen) atoms. The fraction of sp³-hybridized carbons (Fsp3) is 0.250. The van der Waals surface area contributed by atoms with E-state index in [2.05, 4.69) is 55.6 Å². The molecule has 0 spiro atoms. The maximum Gasteiger partial charge on any atom is 0.0370 e. The van der Waals surface area contributed by atoms with E-state index in [4.69, 9.17) is 5.73 Å². The second kappa shape index (κ2) is 5.58. The van der Waals surface area contributed by atoms with E-state index in [1.807, 2.05) is 12.1 Å². The molecule has 2 aromatic carbocycles. The van der Waals surface area contributed by atoms with Crippen LogP contribution in [0.4, 0.5) is 11.4 Å². The summed E-state index contributed by atoms with van der Waals surface area (Å²) in [7, 11) is 0. The molecule has 0 bridgehead atoms. The number of nitrogen functional groups attached to an aromatic ring is 1. The van der Waals surface area contributed by atoms with E-state index >= 15 is 0 Å². The van der Waals surface area contributed by atoms with Crippen molar-refractivity contribution in [3.8, 4) is 0 Å². The molecule has 94 valence electrons. The average molecular weight is 240 g/mol. The van der Waals surface area contributed by atoms with Crippen LogP contribution >= 0.6 is 0 Å². The molecule has 0 saturated heterocycles. The summed E-state index contributed by atoms with van der Waals surface area (Å²) in [6.07, 6.45) is 0.884. The van der Waals surface area contributed by atoms with Crippen molar-refractivity contribution >= 4 is 11.4 Å². The van der Waals surface area contributed by atoms with Gasteiger partial charge in [0.15, 0.2) is 0 Å². The fourth-order valence-electron chi connectivity index (χ4n) is 1.99. The Kier molecular flexibility index (Phi) is 3.88. The Morgan fingerprint density at radius 1 is 1.06 bits per heavy atom. The van der Waals surface area contributed by atoms with Gasteiger partial charge in [-0.05, 0) is 43.5 Å². The van der Waals surface area contributed by atoms with Crippen LogP contribution in [0.25, 0.3) is 0 Å². The first kappa shape index (κ1) is 12.5. The number of rotatable bonds is 4. The molecule has 0 unspecified atom stereocenters. The van der Waals surface area contributed by atoms with E-state index in [-0.39, 0.29) is 0 Å². The number of anilines is 2. The topological polar surface area (TPSA) is 38.0 Å². The second-order valence-electron chi connectivity index (χ2n) is 4.88. The van der Waals surface area contributed by atoms with E-state index in [9.17, 15) is 0 Å². The fourth-order valence-corrected chi connectivity index (χ4v) is 1.99. The normalized spacial score (nSPS) is 10.6. The minimum atomic E-state index is 0.421. The van der Waals surface area contributed by atoms with E-state index in [1.54, 1.807) is 0 Å². The van der Waals surface area contributed by atoms with Gasteiger partial charge < -0.3 is 11.1 Å². The molecule has 0 saturated carbocycles.